The smallest absolute Gasteiger partial charge is 0.238 e. The van der Waals surface area contributed by atoms with Gasteiger partial charge in [-0.15, -0.1) is 0 Å². The third-order valence-corrected chi connectivity index (χ3v) is 3.30. The van der Waals surface area contributed by atoms with E-state index in [1.54, 1.807) is 11.9 Å². The summed E-state index contributed by atoms with van der Waals surface area (Å²) in [7, 11) is 1.76. The summed E-state index contributed by atoms with van der Waals surface area (Å²) < 4.78 is 0. The standard InChI is InChI=1S/C15H21N3O2/c1-11(19)18(2)10-12-4-3-5-14(8-12)17-15(20)9-16-13-6-7-13/h3-5,8,13,16H,6-7,9-10H2,1-2H3,(H,17,20). The molecule has 0 bridgehead atoms. The normalized spacial score (nSPS) is 13.9. The fourth-order valence-electron chi connectivity index (χ4n) is 1.86. The molecule has 0 atom stereocenters. The van der Waals surface area contributed by atoms with Gasteiger partial charge in [-0.25, -0.2) is 0 Å². The first kappa shape index (κ1) is 14.5. The van der Waals surface area contributed by atoms with E-state index in [0.717, 1.165) is 11.3 Å². The predicted octanol–water partition coefficient (Wildman–Crippen LogP) is 1.36. The average molecular weight is 275 g/mol. The van der Waals surface area contributed by atoms with Crippen LogP contribution in [0.1, 0.15) is 25.3 Å². The minimum Gasteiger partial charge on any atom is -0.342 e. The number of anilines is 1. The van der Waals surface area contributed by atoms with E-state index in [0.29, 0.717) is 19.1 Å². The number of hydrogen-bond acceptors (Lipinski definition) is 3. The Morgan fingerprint density at radius 3 is 2.75 bits per heavy atom. The zero-order valence-electron chi connectivity index (χ0n) is 12.0. The lowest BCUT2D eigenvalue weighted by atomic mass is 10.2. The molecule has 0 unspecified atom stereocenters. The Morgan fingerprint density at radius 1 is 1.35 bits per heavy atom. The first-order chi connectivity index (χ1) is 9.54. The molecule has 0 aliphatic heterocycles. The number of nitrogens with zero attached hydrogens (tertiary/aromatic N) is 1. The van der Waals surface area contributed by atoms with Crippen LogP contribution in [0.2, 0.25) is 0 Å². The zero-order valence-corrected chi connectivity index (χ0v) is 12.0. The number of hydrogen-bond donors (Lipinski definition) is 2. The molecule has 2 N–H and O–H groups in total. The summed E-state index contributed by atoms with van der Waals surface area (Å²) in [6.07, 6.45) is 2.33. The average Bonchev–Trinajstić information content (AvgIpc) is 3.20. The van der Waals surface area contributed by atoms with Gasteiger partial charge >= 0.3 is 0 Å². The number of carbonyl (C=O) groups excluding carboxylic acids is 2. The molecule has 0 radical (unpaired) electrons. The summed E-state index contributed by atoms with van der Waals surface area (Å²) >= 11 is 0. The van der Waals surface area contributed by atoms with E-state index < -0.39 is 0 Å². The lowest BCUT2D eigenvalue weighted by molar-refractivity contribution is -0.128. The summed E-state index contributed by atoms with van der Waals surface area (Å²) in [5.74, 6) is -0.0120. The van der Waals surface area contributed by atoms with E-state index in [9.17, 15) is 9.59 Å². The van der Waals surface area contributed by atoms with Crippen molar-refractivity contribution in [3.8, 4) is 0 Å². The molecule has 0 spiro atoms. The number of carbonyl (C=O) groups is 2. The van der Waals surface area contributed by atoms with Gasteiger partial charge in [0.1, 0.15) is 0 Å². The van der Waals surface area contributed by atoms with Gasteiger partial charge in [0.2, 0.25) is 11.8 Å². The summed E-state index contributed by atoms with van der Waals surface area (Å²) in [5, 5.41) is 6.04. The van der Waals surface area contributed by atoms with E-state index in [-0.39, 0.29) is 11.8 Å². The van der Waals surface area contributed by atoms with Crippen LogP contribution >= 0.6 is 0 Å². The second-order valence-corrected chi connectivity index (χ2v) is 5.28. The van der Waals surface area contributed by atoms with Gasteiger partial charge in [-0.3, -0.25) is 9.59 Å². The van der Waals surface area contributed by atoms with E-state index in [4.69, 9.17) is 0 Å². The second-order valence-electron chi connectivity index (χ2n) is 5.28. The number of amides is 2. The van der Waals surface area contributed by atoms with Crippen molar-refractivity contribution in [2.75, 3.05) is 18.9 Å². The molecule has 1 aromatic rings. The maximum Gasteiger partial charge on any atom is 0.238 e. The largest absolute Gasteiger partial charge is 0.342 e. The Bertz CT molecular complexity index is 498. The van der Waals surface area contributed by atoms with Crippen molar-refractivity contribution in [1.29, 1.82) is 0 Å². The fourth-order valence-corrected chi connectivity index (χ4v) is 1.86. The molecule has 0 aromatic heterocycles. The lowest BCUT2D eigenvalue weighted by Gasteiger charge is -2.15. The minimum atomic E-state index is -0.0334. The Kier molecular flexibility index (Phi) is 4.74. The maximum atomic E-state index is 11.7. The Morgan fingerprint density at radius 2 is 2.10 bits per heavy atom. The predicted molar refractivity (Wildman–Crippen MR) is 78.2 cm³/mol. The van der Waals surface area contributed by atoms with Gasteiger partial charge in [-0.2, -0.15) is 0 Å². The molecular formula is C15H21N3O2. The highest BCUT2D eigenvalue weighted by Gasteiger charge is 2.21. The lowest BCUT2D eigenvalue weighted by Crippen LogP contribution is -2.29. The van der Waals surface area contributed by atoms with Crippen molar-refractivity contribution in [3.63, 3.8) is 0 Å². The molecule has 5 heteroatoms. The van der Waals surface area contributed by atoms with Gasteiger partial charge < -0.3 is 15.5 Å². The summed E-state index contributed by atoms with van der Waals surface area (Å²) in [6.45, 7) is 2.43. The topological polar surface area (TPSA) is 61.4 Å². The van der Waals surface area contributed by atoms with E-state index in [1.807, 2.05) is 24.3 Å². The van der Waals surface area contributed by atoms with E-state index in [2.05, 4.69) is 10.6 Å². The second kappa shape index (κ2) is 6.52. The van der Waals surface area contributed by atoms with Crippen LogP contribution in [-0.4, -0.2) is 36.3 Å². The highest BCUT2D eigenvalue weighted by Crippen LogP contribution is 2.18. The van der Waals surface area contributed by atoms with Gasteiger partial charge in [0.05, 0.1) is 6.54 Å². The highest BCUT2D eigenvalue weighted by atomic mass is 16.2. The Labute approximate surface area is 119 Å². The van der Waals surface area contributed by atoms with Crippen LogP contribution in [0.25, 0.3) is 0 Å². The molecule has 0 heterocycles. The summed E-state index contributed by atoms with van der Waals surface area (Å²) in [6, 6.07) is 8.10. The number of rotatable bonds is 6. The molecule has 1 fully saturated rings. The third kappa shape index (κ3) is 4.66. The SMILES string of the molecule is CC(=O)N(C)Cc1cccc(NC(=O)CNC2CC2)c1. The van der Waals surface area contributed by atoms with Crippen LogP contribution in [0.5, 0.6) is 0 Å². The van der Waals surface area contributed by atoms with Gasteiger partial charge in [0, 0.05) is 32.2 Å². The first-order valence-corrected chi connectivity index (χ1v) is 6.88. The van der Waals surface area contributed by atoms with Gasteiger partial charge in [-0.1, -0.05) is 12.1 Å². The summed E-state index contributed by atoms with van der Waals surface area (Å²) in [4.78, 5) is 24.6. The third-order valence-electron chi connectivity index (χ3n) is 3.30. The van der Waals surface area contributed by atoms with Crippen LogP contribution in [0.15, 0.2) is 24.3 Å². The van der Waals surface area contributed by atoms with Crippen LogP contribution in [0.4, 0.5) is 5.69 Å². The maximum absolute atomic E-state index is 11.7. The van der Waals surface area contributed by atoms with Crippen molar-refractivity contribution < 1.29 is 9.59 Å². The number of benzene rings is 1. The molecule has 108 valence electrons. The first-order valence-electron chi connectivity index (χ1n) is 6.88. The fraction of sp³-hybridized carbons (Fsp3) is 0.467. The van der Waals surface area contributed by atoms with Crippen LogP contribution in [-0.2, 0) is 16.1 Å². The molecule has 20 heavy (non-hydrogen) atoms. The molecule has 1 aromatic carbocycles. The van der Waals surface area contributed by atoms with Crippen molar-refractivity contribution >= 4 is 17.5 Å². The number of nitrogens with one attached hydrogen (secondary N) is 2. The van der Waals surface area contributed by atoms with E-state index >= 15 is 0 Å². The summed E-state index contributed by atoms with van der Waals surface area (Å²) in [5.41, 5.74) is 1.76. The van der Waals surface area contributed by atoms with E-state index in [1.165, 1.54) is 19.8 Å². The van der Waals surface area contributed by atoms with Crippen LogP contribution < -0.4 is 10.6 Å². The zero-order chi connectivity index (χ0) is 14.5. The van der Waals surface area contributed by atoms with Crippen molar-refractivity contribution in [2.24, 2.45) is 0 Å². The molecule has 1 aliphatic carbocycles. The quantitative estimate of drug-likeness (QED) is 0.824. The van der Waals surface area contributed by atoms with Gasteiger partial charge in [0.25, 0.3) is 0 Å². The van der Waals surface area contributed by atoms with Gasteiger partial charge in [0.15, 0.2) is 0 Å². The minimum absolute atomic E-state index is 0.0214. The van der Waals surface area contributed by atoms with Crippen molar-refractivity contribution in [1.82, 2.24) is 10.2 Å². The molecule has 2 amide bonds. The van der Waals surface area contributed by atoms with Crippen molar-refractivity contribution in [2.45, 2.75) is 32.4 Å². The van der Waals surface area contributed by atoms with Gasteiger partial charge in [-0.05, 0) is 30.5 Å². The van der Waals surface area contributed by atoms with Crippen LogP contribution in [0, 0.1) is 0 Å². The molecule has 1 saturated carbocycles. The molecule has 0 saturated heterocycles. The monoisotopic (exact) mass is 275 g/mol. The molecule has 5 nitrogen and oxygen atoms in total. The molecule has 2 rings (SSSR count). The Balaban J connectivity index is 1.87. The van der Waals surface area contributed by atoms with Crippen molar-refractivity contribution in [3.05, 3.63) is 29.8 Å². The highest BCUT2D eigenvalue weighted by molar-refractivity contribution is 5.92. The van der Waals surface area contributed by atoms with Crippen LogP contribution in [0.3, 0.4) is 0 Å². The molecule has 1 aliphatic rings. The molecular weight excluding hydrogens is 254 g/mol. The Hall–Kier alpha value is -1.88.